The summed E-state index contributed by atoms with van der Waals surface area (Å²) in [7, 11) is 0. The normalized spacial score (nSPS) is 10.5. The molecule has 0 atom stereocenters. The molecule has 0 aliphatic heterocycles. The Morgan fingerprint density at radius 3 is 3.08 bits per heavy atom. The second-order valence-electron chi connectivity index (χ2n) is 2.88. The van der Waals surface area contributed by atoms with Crippen molar-refractivity contribution in [2.24, 2.45) is 0 Å². The van der Waals surface area contributed by atoms with Crippen LogP contribution in [0.15, 0.2) is 24.5 Å². The highest BCUT2D eigenvalue weighted by molar-refractivity contribution is 5.89. The number of hydrogen-bond donors (Lipinski definition) is 1. The van der Waals surface area contributed by atoms with Crippen molar-refractivity contribution in [3.8, 4) is 0 Å². The van der Waals surface area contributed by atoms with Gasteiger partial charge in [0.25, 0.3) is 0 Å². The van der Waals surface area contributed by atoms with Crippen LogP contribution in [0.25, 0.3) is 5.52 Å². The molecule has 0 radical (unpaired) electrons. The van der Waals surface area contributed by atoms with E-state index in [9.17, 15) is 4.79 Å². The summed E-state index contributed by atoms with van der Waals surface area (Å²) in [6.07, 6.45) is 3.35. The number of nitrogens with zero attached hydrogens (tertiary/aromatic N) is 2. The Morgan fingerprint density at radius 1 is 1.62 bits per heavy atom. The zero-order valence-electron chi connectivity index (χ0n) is 7.06. The predicted molar refractivity (Wildman–Crippen MR) is 46.9 cm³/mol. The van der Waals surface area contributed by atoms with E-state index < -0.39 is 5.97 Å². The van der Waals surface area contributed by atoms with E-state index in [2.05, 4.69) is 5.10 Å². The molecule has 2 aromatic rings. The number of carboxylic acids is 1. The molecule has 0 unspecified atom stereocenters. The third kappa shape index (κ3) is 1.16. The van der Waals surface area contributed by atoms with Crippen LogP contribution in [0.3, 0.4) is 0 Å². The standard InChI is InChI=1S/C9H8N2O2/c1-6-5-10-11-3-2-7(9(12)13)4-8(6)11/h2-5H,1H3,(H,12,13). The molecular formula is C9H8N2O2. The lowest BCUT2D eigenvalue weighted by molar-refractivity contribution is 0.0697. The maximum Gasteiger partial charge on any atom is 0.335 e. The summed E-state index contributed by atoms with van der Waals surface area (Å²) in [6, 6.07) is 3.15. The van der Waals surface area contributed by atoms with Crippen molar-refractivity contribution in [3.05, 3.63) is 35.7 Å². The van der Waals surface area contributed by atoms with Crippen LogP contribution in [-0.2, 0) is 0 Å². The molecule has 0 saturated heterocycles. The van der Waals surface area contributed by atoms with Crippen molar-refractivity contribution >= 4 is 11.5 Å². The van der Waals surface area contributed by atoms with Gasteiger partial charge in [-0.3, -0.25) is 0 Å². The first-order valence-electron chi connectivity index (χ1n) is 3.86. The fourth-order valence-corrected chi connectivity index (χ4v) is 1.24. The van der Waals surface area contributed by atoms with Gasteiger partial charge in [-0.05, 0) is 24.6 Å². The molecule has 0 aromatic carbocycles. The first-order chi connectivity index (χ1) is 6.18. The summed E-state index contributed by atoms with van der Waals surface area (Å²) >= 11 is 0. The molecule has 66 valence electrons. The number of aromatic carboxylic acids is 1. The van der Waals surface area contributed by atoms with Crippen molar-refractivity contribution in [1.82, 2.24) is 9.61 Å². The summed E-state index contributed by atoms with van der Waals surface area (Å²) in [5.74, 6) is -0.914. The Hall–Kier alpha value is -1.84. The monoisotopic (exact) mass is 176 g/mol. The molecule has 2 aromatic heterocycles. The third-order valence-electron chi connectivity index (χ3n) is 1.96. The molecule has 4 heteroatoms. The molecule has 0 bridgehead atoms. The average molecular weight is 176 g/mol. The number of rotatable bonds is 1. The largest absolute Gasteiger partial charge is 0.478 e. The summed E-state index contributed by atoms with van der Waals surface area (Å²) < 4.78 is 1.65. The van der Waals surface area contributed by atoms with Crippen LogP contribution in [0, 0.1) is 6.92 Å². The third-order valence-corrected chi connectivity index (χ3v) is 1.96. The van der Waals surface area contributed by atoms with Crippen molar-refractivity contribution in [1.29, 1.82) is 0 Å². The molecular weight excluding hydrogens is 168 g/mol. The van der Waals surface area contributed by atoms with E-state index in [-0.39, 0.29) is 5.56 Å². The second kappa shape index (κ2) is 2.58. The number of carboxylic acid groups (broad SMARTS) is 1. The van der Waals surface area contributed by atoms with Crippen LogP contribution in [0.4, 0.5) is 0 Å². The van der Waals surface area contributed by atoms with Gasteiger partial charge in [-0.2, -0.15) is 5.10 Å². The van der Waals surface area contributed by atoms with Gasteiger partial charge in [0, 0.05) is 6.20 Å². The number of aryl methyl sites for hydroxylation is 1. The predicted octanol–water partition coefficient (Wildman–Crippen LogP) is 1.34. The van der Waals surface area contributed by atoms with Gasteiger partial charge in [-0.1, -0.05) is 0 Å². The van der Waals surface area contributed by atoms with E-state index in [4.69, 9.17) is 5.11 Å². The fraction of sp³-hybridized carbons (Fsp3) is 0.111. The van der Waals surface area contributed by atoms with Gasteiger partial charge in [-0.15, -0.1) is 0 Å². The second-order valence-corrected chi connectivity index (χ2v) is 2.88. The van der Waals surface area contributed by atoms with E-state index in [0.29, 0.717) is 0 Å². The highest BCUT2D eigenvalue weighted by Gasteiger charge is 2.05. The lowest BCUT2D eigenvalue weighted by Gasteiger charge is -1.96. The highest BCUT2D eigenvalue weighted by atomic mass is 16.4. The van der Waals surface area contributed by atoms with Crippen molar-refractivity contribution in [2.75, 3.05) is 0 Å². The van der Waals surface area contributed by atoms with Crippen LogP contribution in [0.1, 0.15) is 15.9 Å². The molecule has 13 heavy (non-hydrogen) atoms. The van der Waals surface area contributed by atoms with Crippen LogP contribution in [0.5, 0.6) is 0 Å². The lowest BCUT2D eigenvalue weighted by atomic mass is 10.2. The number of hydrogen-bond acceptors (Lipinski definition) is 2. The SMILES string of the molecule is Cc1cnn2ccc(C(=O)O)cc12. The lowest BCUT2D eigenvalue weighted by Crippen LogP contribution is -1.97. The van der Waals surface area contributed by atoms with Crippen molar-refractivity contribution < 1.29 is 9.90 Å². The zero-order valence-corrected chi connectivity index (χ0v) is 7.06. The van der Waals surface area contributed by atoms with E-state index >= 15 is 0 Å². The molecule has 0 amide bonds. The van der Waals surface area contributed by atoms with Crippen LogP contribution in [0.2, 0.25) is 0 Å². The van der Waals surface area contributed by atoms with Crippen LogP contribution < -0.4 is 0 Å². The smallest absolute Gasteiger partial charge is 0.335 e. The van der Waals surface area contributed by atoms with E-state index in [1.165, 1.54) is 6.07 Å². The Morgan fingerprint density at radius 2 is 2.38 bits per heavy atom. The van der Waals surface area contributed by atoms with Gasteiger partial charge in [0.15, 0.2) is 0 Å². The summed E-state index contributed by atoms with van der Waals surface area (Å²) in [5.41, 5.74) is 2.10. The number of carbonyl (C=O) groups is 1. The topological polar surface area (TPSA) is 54.6 Å². The first-order valence-corrected chi connectivity index (χ1v) is 3.86. The van der Waals surface area contributed by atoms with E-state index in [0.717, 1.165) is 11.1 Å². The molecule has 0 fully saturated rings. The summed E-state index contributed by atoms with van der Waals surface area (Å²) in [4.78, 5) is 10.6. The Labute approximate surface area is 74.4 Å². The molecule has 0 saturated carbocycles. The molecule has 2 heterocycles. The minimum Gasteiger partial charge on any atom is -0.478 e. The van der Waals surface area contributed by atoms with Gasteiger partial charge in [0.1, 0.15) is 0 Å². The van der Waals surface area contributed by atoms with Gasteiger partial charge < -0.3 is 5.11 Å². The Kier molecular flexibility index (Phi) is 1.55. The van der Waals surface area contributed by atoms with Crippen LogP contribution in [-0.4, -0.2) is 20.7 Å². The molecule has 4 nitrogen and oxygen atoms in total. The quantitative estimate of drug-likeness (QED) is 0.713. The zero-order chi connectivity index (χ0) is 9.42. The van der Waals surface area contributed by atoms with Crippen LogP contribution >= 0.6 is 0 Å². The summed E-state index contributed by atoms with van der Waals surface area (Å²) in [5, 5.41) is 12.8. The molecule has 0 aliphatic rings. The number of pyridine rings is 1. The number of aromatic nitrogens is 2. The first kappa shape index (κ1) is 7.79. The van der Waals surface area contributed by atoms with Gasteiger partial charge in [0.05, 0.1) is 17.3 Å². The molecule has 1 N–H and O–H groups in total. The maximum atomic E-state index is 10.6. The average Bonchev–Trinajstić information content (AvgIpc) is 2.47. The fourth-order valence-electron chi connectivity index (χ4n) is 1.24. The molecule has 2 rings (SSSR count). The minimum absolute atomic E-state index is 0.288. The minimum atomic E-state index is -0.914. The highest BCUT2D eigenvalue weighted by Crippen LogP contribution is 2.11. The van der Waals surface area contributed by atoms with Crippen molar-refractivity contribution in [3.63, 3.8) is 0 Å². The molecule has 0 aliphatic carbocycles. The Balaban J connectivity index is 2.72. The van der Waals surface area contributed by atoms with Gasteiger partial charge in [-0.25, -0.2) is 9.31 Å². The van der Waals surface area contributed by atoms with Gasteiger partial charge in [0.2, 0.25) is 0 Å². The van der Waals surface area contributed by atoms with Gasteiger partial charge >= 0.3 is 5.97 Å². The summed E-state index contributed by atoms with van der Waals surface area (Å²) in [6.45, 7) is 1.90. The van der Waals surface area contributed by atoms with E-state index in [1.807, 2.05) is 6.92 Å². The maximum absolute atomic E-state index is 10.6. The van der Waals surface area contributed by atoms with E-state index in [1.54, 1.807) is 23.0 Å². The van der Waals surface area contributed by atoms with Crippen molar-refractivity contribution in [2.45, 2.75) is 6.92 Å². The Bertz CT molecular complexity index is 473. The number of fused-ring (bicyclic) bond motifs is 1. The molecule has 0 spiro atoms.